The Morgan fingerprint density at radius 3 is 2.58 bits per heavy atom. The van der Waals surface area contributed by atoms with Crippen LogP contribution < -0.4 is 15.4 Å². The highest BCUT2D eigenvalue weighted by Crippen LogP contribution is 2.40. The van der Waals surface area contributed by atoms with Gasteiger partial charge in [-0.2, -0.15) is 0 Å². The van der Waals surface area contributed by atoms with E-state index in [9.17, 15) is 23.6 Å². The van der Waals surface area contributed by atoms with Gasteiger partial charge in [0.05, 0.1) is 22.7 Å². The van der Waals surface area contributed by atoms with E-state index in [1.807, 2.05) is 45.9 Å². The van der Waals surface area contributed by atoms with Gasteiger partial charge in [-0.15, -0.1) is 11.3 Å². The lowest BCUT2D eigenvalue weighted by atomic mass is 9.85. The molecule has 4 rings (SSSR count). The monoisotopic (exact) mass is 646 g/mol. The third kappa shape index (κ3) is 9.56. The zero-order chi connectivity index (χ0) is 33.2. The molecule has 3 N–H and O–H groups in total. The van der Waals surface area contributed by atoms with E-state index < -0.39 is 29.1 Å². The molecule has 0 radical (unpaired) electrons. The van der Waals surface area contributed by atoms with Crippen LogP contribution in [0.1, 0.15) is 83.4 Å². The van der Waals surface area contributed by atoms with Gasteiger partial charge in [-0.1, -0.05) is 32.9 Å². The van der Waals surface area contributed by atoms with E-state index >= 15 is 0 Å². The van der Waals surface area contributed by atoms with Gasteiger partial charge in [0.2, 0.25) is 11.8 Å². The van der Waals surface area contributed by atoms with Gasteiger partial charge in [0.15, 0.2) is 5.67 Å². The molecule has 248 valence electrons. The number of rotatable bonds is 14. The molecule has 45 heavy (non-hydrogen) atoms. The highest BCUT2D eigenvalue weighted by molar-refractivity contribution is 7.13. The van der Waals surface area contributed by atoms with Gasteiger partial charge in [-0.25, -0.2) is 9.37 Å². The van der Waals surface area contributed by atoms with Gasteiger partial charge < -0.3 is 30.2 Å². The summed E-state index contributed by atoms with van der Waals surface area (Å²) in [5.41, 5.74) is 1.96. The third-order valence-corrected chi connectivity index (χ3v) is 9.05. The molecule has 1 aliphatic heterocycles. The van der Waals surface area contributed by atoms with Gasteiger partial charge in [-0.3, -0.25) is 14.4 Å². The molecule has 2 heterocycles. The molecular weight excluding hydrogens is 599 g/mol. The second-order valence-corrected chi connectivity index (χ2v) is 13.5. The lowest BCUT2D eigenvalue weighted by Crippen LogP contribution is -2.58. The van der Waals surface area contributed by atoms with Crippen molar-refractivity contribution < 1.29 is 33.4 Å². The molecule has 0 bridgehead atoms. The lowest BCUT2D eigenvalue weighted by molar-refractivity contribution is -0.144. The van der Waals surface area contributed by atoms with E-state index in [0.29, 0.717) is 38.2 Å². The molecule has 1 saturated carbocycles. The number of aryl methyl sites for hydroxylation is 1. The SMILES string of the molecule is CO.Cc1ncsc1-c1ccc(CNC(=O)C2CCCN2C(=O)C(NC(=O)C2(F)CC2)C(C)(C)C)c(OCCCCCC=O)c1. The molecule has 1 saturated heterocycles. The van der Waals surface area contributed by atoms with Gasteiger partial charge in [0.1, 0.15) is 24.1 Å². The molecule has 2 unspecified atom stereocenters. The normalized spacial score (nSPS) is 17.5. The number of aliphatic hydroxyl groups is 1. The molecule has 2 aliphatic rings. The Morgan fingerprint density at radius 1 is 1.22 bits per heavy atom. The number of halogens is 1. The summed E-state index contributed by atoms with van der Waals surface area (Å²) >= 11 is 1.55. The van der Waals surface area contributed by atoms with Crippen LogP contribution in [0.5, 0.6) is 5.75 Å². The number of nitrogens with one attached hydrogen (secondary N) is 2. The van der Waals surface area contributed by atoms with Crippen LogP contribution in [0.4, 0.5) is 4.39 Å². The second-order valence-electron chi connectivity index (χ2n) is 12.6. The Kier molecular flexibility index (Phi) is 13.0. The fraction of sp³-hybridized carbons (Fsp3) is 0.606. The van der Waals surface area contributed by atoms with E-state index in [4.69, 9.17) is 9.84 Å². The summed E-state index contributed by atoms with van der Waals surface area (Å²) in [7, 11) is 1.00. The predicted octanol–water partition coefficient (Wildman–Crippen LogP) is 4.51. The van der Waals surface area contributed by atoms with Crippen LogP contribution in [0.2, 0.25) is 0 Å². The predicted molar refractivity (Wildman–Crippen MR) is 171 cm³/mol. The number of aliphatic hydroxyl groups excluding tert-OH is 1. The maximum absolute atomic E-state index is 14.4. The lowest BCUT2D eigenvalue weighted by Gasteiger charge is -2.35. The minimum atomic E-state index is -1.89. The quantitative estimate of drug-likeness (QED) is 0.203. The summed E-state index contributed by atoms with van der Waals surface area (Å²) < 4.78 is 20.6. The molecule has 0 spiro atoms. The van der Waals surface area contributed by atoms with E-state index in [2.05, 4.69) is 15.6 Å². The van der Waals surface area contributed by atoms with Crippen LogP contribution in [0.25, 0.3) is 10.4 Å². The fourth-order valence-electron chi connectivity index (χ4n) is 5.26. The Hall–Kier alpha value is -3.38. The number of aromatic nitrogens is 1. The maximum atomic E-state index is 14.4. The van der Waals surface area contributed by atoms with Crippen LogP contribution in [0, 0.1) is 12.3 Å². The number of hydrogen-bond donors (Lipinski definition) is 3. The average molecular weight is 647 g/mol. The number of unbranched alkanes of at least 4 members (excludes halogenated alkanes) is 3. The van der Waals surface area contributed by atoms with Crippen molar-refractivity contribution in [2.24, 2.45) is 5.41 Å². The Labute approximate surface area is 269 Å². The average Bonchev–Trinajstić information content (AvgIpc) is 3.38. The number of nitrogens with zero attached hydrogens (tertiary/aromatic N) is 2. The molecule has 2 fully saturated rings. The summed E-state index contributed by atoms with van der Waals surface area (Å²) in [6, 6.07) is 4.25. The zero-order valence-corrected chi connectivity index (χ0v) is 27.8. The largest absolute Gasteiger partial charge is 0.493 e. The summed E-state index contributed by atoms with van der Waals surface area (Å²) in [6.45, 7) is 8.50. The maximum Gasteiger partial charge on any atom is 0.258 e. The number of benzene rings is 1. The molecule has 12 heteroatoms. The number of aldehydes is 1. The van der Waals surface area contributed by atoms with Crippen LogP contribution in [-0.4, -0.2) is 77.0 Å². The van der Waals surface area contributed by atoms with Crippen molar-refractivity contribution in [3.05, 3.63) is 35.0 Å². The molecule has 2 atom stereocenters. The number of ether oxygens (including phenoxy) is 1. The van der Waals surface area contributed by atoms with Crippen molar-refractivity contribution >= 4 is 35.3 Å². The summed E-state index contributed by atoms with van der Waals surface area (Å²) in [4.78, 5) is 57.1. The minimum absolute atomic E-state index is 0.162. The first-order valence-corrected chi connectivity index (χ1v) is 16.4. The van der Waals surface area contributed by atoms with Crippen molar-refractivity contribution in [1.82, 2.24) is 20.5 Å². The van der Waals surface area contributed by atoms with Gasteiger partial charge in [0.25, 0.3) is 5.91 Å². The summed E-state index contributed by atoms with van der Waals surface area (Å²) in [5.74, 6) is -0.743. The number of hydrogen-bond acceptors (Lipinski definition) is 8. The second kappa shape index (κ2) is 16.3. The number of likely N-dealkylation sites (tertiary alicyclic amines) is 1. The molecule has 1 aliphatic carbocycles. The number of amides is 3. The smallest absolute Gasteiger partial charge is 0.258 e. The zero-order valence-electron chi connectivity index (χ0n) is 27.0. The standard InChI is InChI=1S/C32H43FN4O5S.CH4O/c1-21-26(43-20-35-21)22-11-12-23(25(18-22)42-17-8-6-5-7-16-38)19-34-28(39)24-10-9-15-37(24)29(40)27(31(2,3)4)36-30(41)32(33)13-14-32;1-2/h11-12,16,18,20,24,27H,5-10,13-15,17,19H2,1-4H3,(H,34,39)(H,36,41);2H,1H3. The van der Waals surface area contributed by atoms with Crippen LogP contribution in [0.3, 0.4) is 0 Å². The number of carbonyl (C=O) groups is 4. The highest BCUT2D eigenvalue weighted by atomic mass is 32.1. The van der Waals surface area contributed by atoms with Crippen molar-refractivity contribution in [3.8, 4) is 16.2 Å². The fourth-order valence-corrected chi connectivity index (χ4v) is 6.06. The molecule has 1 aromatic carbocycles. The van der Waals surface area contributed by atoms with Crippen LogP contribution >= 0.6 is 11.3 Å². The Balaban J connectivity index is 0.00000271. The summed E-state index contributed by atoms with van der Waals surface area (Å²) in [5, 5.41) is 12.6. The van der Waals surface area contributed by atoms with Gasteiger partial charge in [-0.05, 0) is 68.9 Å². The minimum Gasteiger partial charge on any atom is -0.493 e. The van der Waals surface area contributed by atoms with E-state index in [1.165, 1.54) is 4.90 Å². The van der Waals surface area contributed by atoms with Crippen molar-refractivity contribution in [3.63, 3.8) is 0 Å². The number of thiazole rings is 1. The van der Waals surface area contributed by atoms with Gasteiger partial charge >= 0.3 is 0 Å². The molecule has 2 aromatic rings. The number of alkyl halides is 1. The van der Waals surface area contributed by atoms with E-state index in [-0.39, 0.29) is 31.2 Å². The summed E-state index contributed by atoms with van der Waals surface area (Å²) in [6.07, 6.45) is 5.45. The Bertz CT molecular complexity index is 1320. The van der Waals surface area contributed by atoms with Crippen LogP contribution in [-0.2, 0) is 25.7 Å². The molecule has 3 amide bonds. The van der Waals surface area contributed by atoms with Crippen molar-refractivity contribution in [1.29, 1.82) is 0 Å². The molecular formula is C33H47FN4O6S. The topological polar surface area (TPSA) is 138 Å². The van der Waals surface area contributed by atoms with Crippen LogP contribution in [0.15, 0.2) is 23.7 Å². The molecule has 1 aromatic heterocycles. The van der Waals surface area contributed by atoms with E-state index in [0.717, 1.165) is 54.4 Å². The first-order valence-electron chi connectivity index (χ1n) is 15.6. The third-order valence-electron chi connectivity index (χ3n) is 8.07. The first kappa shape index (κ1) is 36.1. The van der Waals surface area contributed by atoms with E-state index in [1.54, 1.807) is 16.8 Å². The van der Waals surface area contributed by atoms with Crippen molar-refractivity contribution in [2.45, 2.75) is 103 Å². The Morgan fingerprint density at radius 2 is 1.96 bits per heavy atom. The van der Waals surface area contributed by atoms with Crippen molar-refractivity contribution in [2.75, 3.05) is 20.3 Å². The van der Waals surface area contributed by atoms with Gasteiger partial charge in [0, 0.05) is 32.2 Å². The highest BCUT2D eigenvalue weighted by Gasteiger charge is 2.53. The molecule has 10 nitrogen and oxygen atoms in total. The number of carbonyl (C=O) groups excluding carboxylic acids is 4. The first-order chi connectivity index (χ1) is 21.4.